The van der Waals surface area contributed by atoms with Crippen LogP contribution in [0, 0.1) is 6.92 Å². The van der Waals surface area contributed by atoms with E-state index >= 15 is 0 Å². The number of benzene rings is 1. The number of imide groups is 1. The molecule has 0 saturated heterocycles. The third kappa shape index (κ3) is 4.77. The third-order valence-electron chi connectivity index (χ3n) is 2.70. The van der Waals surface area contributed by atoms with Gasteiger partial charge in [0.2, 0.25) is 5.91 Å². The monoisotopic (exact) mass is 320 g/mol. The lowest BCUT2D eigenvalue weighted by Crippen LogP contribution is -2.48. The number of hydrogen-bond acceptors (Lipinski definition) is 4. The van der Waals surface area contributed by atoms with Crippen molar-refractivity contribution in [2.75, 3.05) is 5.75 Å². The Kier molecular flexibility index (Phi) is 4.75. The van der Waals surface area contributed by atoms with Gasteiger partial charge < -0.3 is 10.3 Å². The highest BCUT2D eigenvalue weighted by Gasteiger charge is 2.16. The van der Waals surface area contributed by atoms with E-state index in [0.29, 0.717) is 5.16 Å². The Morgan fingerprint density at radius 1 is 1.32 bits per heavy atom. The quantitative estimate of drug-likeness (QED) is 0.759. The average Bonchev–Trinajstić information content (AvgIpc) is 2.75. The molecule has 2 aromatic rings. The number of aromatic amines is 1. The molecular weight excluding hydrogens is 300 g/mol. The zero-order valence-electron chi connectivity index (χ0n) is 13.1. The maximum absolute atomic E-state index is 11.7. The average molecular weight is 320 g/mol. The van der Waals surface area contributed by atoms with Crippen molar-refractivity contribution in [1.29, 1.82) is 0 Å². The van der Waals surface area contributed by atoms with Crippen LogP contribution in [0.5, 0.6) is 0 Å². The predicted octanol–water partition coefficient (Wildman–Crippen LogP) is 2.59. The summed E-state index contributed by atoms with van der Waals surface area (Å²) in [7, 11) is 0. The summed E-state index contributed by atoms with van der Waals surface area (Å²) in [5, 5.41) is 5.63. The molecule has 0 bridgehead atoms. The summed E-state index contributed by atoms with van der Waals surface area (Å²) in [4.78, 5) is 30.9. The molecule has 0 atom stereocenters. The molecule has 0 aliphatic carbocycles. The number of nitrogens with one attached hydrogen (secondary N) is 3. The number of nitrogens with zero attached hydrogens (tertiary/aromatic N) is 1. The highest BCUT2D eigenvalue weighted by molar-refractivity contribution is 7.99. The zero-order chi connectivity index (χ0) is 16.3. The molecule has 3 N–H and O–H groups in total. The number of amides is 3. The van der Waals surface area contributed by atoms with Crippen molar-refractivity contribution >= 4 is 34.7 Å². The van der Waals surface area contributed by atoms with Crippen LogP contribution in [0.2, 0.25) is 0 Å². The fourth-order valence-electron chi connectivity index (χ4n) is 1.84. The van der Waals surface area contributed by atoms with Crippen molar-refractivity contribution < 1.29 is 9.59 Å². The van der Waals surface area contributed by atoms with Crippen molar-refractivity contribution in [1.82, 2.24) is 20.6 Å². The van der Waals surface area contributed by atoms with E-state index in [0.717, 1.165) is 16.6 Å². The molecule has 0 aliphatic heterocycles. The Hall–Kier alpha value is -2.02. The molecule has 1 aromatic heterocycles. The van der Waals surface area contributed by atoms with Gasteiger partial charge in [-0.15, -0.1) is 0 Å². The summed E-state index contributed by atoms with van der Waals surface area (Å²) >= 11 is 1.26. The van der Waals surface area contributed by atoms with Gasteiger partial charge in [0.05, 0.1) is 16.8 Å². The summed E-state index contributed by atoms with van der Waals surface area (Å²) in [6.07, 6.45) is 0. The Balaban J connectivity index is 1.88. The van der Waals surface area contributed by atoms with Gasteiger partial charge in [0.25, 0.3) is 0 Å². The molecule has 0 radical (unpaired) electrons. The molecule has 0 spiro atoms. The van der Waals surface area contributed by atoms with E-state index in [4.69, 9.17) is 0 Å². The minimum atomic E-state index is -0.488. The molecular formula is C15H20N4O2S. The Bertz CT molecular complexity index is 703. The van der Waals surface area contributed by atoms with Crippen LogP contribution in [0.15, 0.2) is 23.4 Å². The number of carbonyl (C=O) groups excluding carboxylic acids is 2. The Morgan fingerprint density at radius 2 is 2.05 bits per heavy atom. The standard InChI is InChI=1S/C15H20N4O2S/c1-9-5-6-10-11(7-9)17-14(16-10)22-8-12(20)18-13(21)19-15(2,3)4/h5-7H,8H2,1-4H3,(H,16,17)(H2,18,19,20,21). The van der Waals surface area contributed by atoms with Gasteiger partial charge in [0, 0.05) is 5.54 Å². The number of fused-ring (bicyclic) bond motifs is 1. The van der Waals surface area contributed by atoms with Crippen LogP contribution in [-0.4, -0.2) is 33.2 Å². The molecule has 118 valence electrons. The maximum atomic E-state index is 11.7. The highest BCUT2D eigenvalue weighted by atomic mass is 32.2. The Labute approximate surface area is 133 Å². The SMILES string of the molecule is Cc1ccc2nc(SCC(=O)NC(=O)NC(C)(C)C)[nH]c2c1. The number of urea groups is 1. The summed E-state index contributed by atoms with van der Waals surface area (Å²) in [5.74, 6) is -0.237. The van der Waals surface area contributed by atoms with Crippen LogP contribution in [0.3, 0.4) is 0 Å². The van der Waals surface area contributed by atoms with Crippen molar-refractivity contribution in [2.45, 2.75) is 38.4 Å². The van der Waals surface area contributed by atoms with Gasteiger partial charge in [-0.25, -0.2) is 9.78 Å². The lowest BCUT2D eigenvalue weighted by Gasteiger charge is -2.20. The van der Waals surface area contributed by atoms with Gasteiger partial charge in [-0.05, 0) is 45.4 Å². The number of imidazole rings is 1. The number of hydrogen-bond donors (Lipinski definition) is 3. The number of aryl methyl sites for hydroxylation is 1. The van der Waals surface area contributed by atoms with E-state index in [2.05, 4.69) is 20.6 Å². The van der Waals surface area contributed by atoms with Gasteiger partial charge in [0.1, 0.15) is 0 Å². The molecule has 22 heavy (non-hydrogen) atoms. The first-order chi connectivity index (χ1) is 10.2. The normalized spacial score (nSPS) is 11.5. The lowest BCUT2D eigenvalue weighted by molar-refractivity contribution is -0.117. The van der Waals surface area contributed by atoms with Crippen LogP contribution in [0.25, 0.3) is 11.0 Å². The zero-order valence-corrected chi connectivity index (χ0v) is 13.9. The van der Waals surface area contributed by atoms with Crippen molar-refractivity contribution in [3.8, 4) is 0 Å². The van der Waals surface area contributed by atoms with Crippen LogP contribution in [-0.2, 0) is 4.79 Å². The number of aromatic nitrogens is 2. The second kappa shape index (κ2) is 6.39. The highest BCUT2D eigenvalue weighted by Crippen LogP contribution is 2.20. The molecule has 7 heteroatoms. The van der Waals surface area contributed by atoms with E-state index in [-0.39, 0.29) is 17.2 Å². The summed E-state index contributed by atoms with van der Waals surface area (Å²) in [6, 6.07) is 5.44. The first-order valence-corrected chi connectivity index (χ1v) is 7.93. The molecule has 0 fully saturated rings. The molecule has 0 saturated carbocycles. The first-order valence-electron chi connectivity index (χ1n) is 6.94. The molecule has 0 unspecified atom stereocenters. The van der Waals surface area contributed by atoms with Gasteiger partial charge in [-0.2, -0.15) is 0 Å². The second-order valence-corrected chi connectivity index (χ2v) is 7.07. The van der Waals surface area contributed by atoms with Crippen molar-refractivity contribution in [3.05, 3.63) is 23.8 Å². The second-order valence-electron chi connectivity index (χ2n) is 6.10. The molecule has 1 heterocycles. The van der Waals surface area contributed by atoms with Crippen LogP contribution < -0.4 is 10.6 Å². The first kappa shape index (κ1) is 16.4. The van der Waals surface area contributed by atoms with E-state index in [9.17, 15) is 9.59 Å². The fraction of sp³-hybridized carbons (Fsp3) is 0.400. The van der Waals surface area contributed by atoms with E-state index < -0.39 is 6.03 Å². The fourth-order valence-corrected chi connectivity index (χ4v) is 2.52. The molecule has 2 rings (SSSR count). The minimum Gasteiger partial charge on any atom is -0.333 e. The molecule has 6 nitrogen and oxygen atoms in total. The topological polar surface area (TPSA) is 86.9 Å². The summed E-state index contributed by atoms with van der Waals surface area (Å²) in [5.41, 5.74) is 2.56. The summed E-state index contributed by atoms with van der Waals surface area (Å²) < 4.78 is 0. The lowest BCUT2D eigenvalue weighted by atomic mass is 10.1. The van der Waals surface area contributed by atoms with Gasteiger partial charge >= 0.3 is 6.03 Å². The number of H-pyrrole nitrogens is 1. The van der Waals surface area contributed by atoms with Crippen LogP contribution in [0.4, 0.5) is 4.79 Å². The molecule has 0 aliphatic rings. The number of rotatable bonds is 3. The third-order valence-corrected chi connectivity index (χ3v) is 3.57. The van der Waals surface area contributed by atoms with Gasteiger partial charge in [0.15, 0.2) is 5.16 Å². The molecule has 1 aromatic carbocycles. The largest absolute Gasteiger partial charge is 0.333 e. The van der Waals surface area contributed by atoms with E-state index in [1.807, 2.05) is 45.9 Å². The van der Waals surface area contributed by atoms with Gasteiger partial charge in [-0.3, -0.25) is 10.1 Å². The predicted molar refractivity (Wildman–Crippen MR) is 88.0 cm³/mol. The number of carbonyl (C=O) groups is 2. The van der Waals surface area contributed by atoms with Crippen molar-refractivity contribution in [3.63, 3.8) is 0 Å². The van der Waals surface area contributed by atoms with E-state index in [1.165, 1.54) is 11.8 Å². The molecule has 3 amide bonds. The van der Waals surface area contributed by atoms with E-state index in [1.54, 1.807) is 0 Å². The minimum absolute atomic E-state index is 0.121. The smallest absolute Gasteiger partial charge is 0.321 e. The number of thioether (sulfide) groups is 1. The van der Waals surface area contributed by atoms with Crippen LogP contribution in [0.1, 0.15) is 26.3 Å². The van der Waals surface area contributed by atoms with Crippen LogP contribution >= 0.6 is 11.8 Å². The summed E-state index contributed by atoms with van der Waals surface area (Å²) in [6.45, 7) is 7.56. The maximum Gasteiger partial charge on any atom is 0.321 e. The van der Waals surface area contributed by atoms with Gasteiger partial charge in [-0.1, -0.05) is 17.8 Å². The Morgan fingerprint density at radius 3 is 2.73 bits per heavy atom. The van der Waals surface area contributed by atoms with Crippen molar-refractivity contribution in [2.24, 2.45) is 0 Å².